The largest absolute Gasteiger partial charge is 0.573 e. The summed E-state index contributed by atoms with van der Waals surface area (Å²) in [5.41, 5.74) is 2.63. The summed E-state index contributed by atoms with van der Waals surface area (Å²) in [5.74, 6) is 0.223. The normalized spacial score (nSPS) is 21.8. The lowest BCUT2D eigenvalue weighted by Gasteiger charge is -2.38. The van der Waals surface area contributed by atoms with Gasteiger partial charge in [-0.05, 0) is 56.7 Å². The number of nitrogens with zero attached hydrogens (tertiary/aromatic N) is 3. The molecule has 0 spiro atoms. The number of thiazole rings is 1. The summed E-state index contributed by atoms with van der Waals surface area (Å²) in [6.07, 6.45) is 0.805. The topological polar surface area (TPSA) is 86.9 Å². The van der Waals surface area contributed by atoms with Gasteiger partial charge in [-0.15, -0.1) is 35.8 Å². The Balaban J connectivity index is 1.06. The molecule has 7 rings (SSSR count). The number of methoxy groups -OCH3 is 1. The average molecular weight is 632 g/mol. The van der Waals surface area contributed by atoms with Crippen molar-refractivity contribution >= 4 is 33.8 Å². The maximum atomic E-state index is 13.1. The fourth-order valence-corrected chi connectivity index (χ4v) is 8.06. The maximum absolute atomic E-state index is 13.1. The minimum atomic E-state index is -4.82. The number of thiophene rings is 1. The number of aromatic nitrogens is 2. The lowest BCUT2D eigenvalue weighted by Crippen LogP contribution is -2.45. The van der Waals surface area contributed by atoms with Crippen molar-refractivity contribution in [2.45, 2.75) is 75.6 Å². The molecule has 2 atom stereocenters. The smallest absolute Gasteiger partial charge is 0.465 e. The number of carbonyl (C=O) groups excluding carboxylic acids is 1. The van der Waals surface area contributed by atoms with Crippen molar-refractivity contribution < 1.29 is 36.7 Å². The van der Waals surface area contributed by atoms with Crippen molar-refractivity contribution in [1.82, 2.24) is 10.1 Å². The van der Waals surface area contributed by atoms with Gasteiger partial charge >= 0.3 is 12.3 Å². The van der Waals surface area contributed by atoms with Crippen LogP contribution < -0.4 is 9.64 Å². The number of ether oxygens (including phenoxy) is 3. The van der Waals surface area contributed by atoms with Crippen LogP contribution in [0, 0.1) is 0 Å². The van der Waals surface area contributed by atoms with E-state index in [-0.39, 0.29) is 48.0 Å². The second kappa shape index (κ2) is 11.3. The summed E-state index contributed by atoms with van der Waals surface area (Å²) in [5, 5.41) is 8.97. The van der Waals surface area contributed by atoms with Crippen molar-refractivity contribution in [3.05, 3.63) is 58.0 Å². The fraction of sp³-hybridized carbons (Fsp3) is 0.433. The standard InChI is InChI=1S/C30H28F3N3O5S2/c1-38-28(37)17-10-25(42-14-17)23-15-43-29(34-23)36-18-8-9-19(36)12-20(11-18)39-13-22-26(35-41-27(22)16-6-7-16)21-4-2-3-5-24(21)40-30(31,32)33/h2-5,10,14-16,18-20H,6-9,11-13H2,1H3. The third-order valence-corrected chi connectivity index (χ3v) is 10.1. The number of anilines is 1. The lowest BCUT2D eigenvalue weighted by atomic mass is 10.00. The van der Waals surface area contributed by atoms with Crippen LogP contribution in [-0.4, -0.2) is 47.8 Å². The number of carbonyl (C=O) groups is 1. The van der Waals surface area contributed by atoms with E-state index in [0.29, 0.717) is 22.6 Å². The first-order valence-electron chi connectivity index (χ1n) is 14.1. The maximum Gasteiger partial charge on any atom is 0.573 e. The van der Waals surface area contributed by atoms with Crippen molar-refractivity contribution in [3.63, 3.8) is 0 Å². The molecular formula is C30H28F3N3O5S2. The van der Waals surface area contributed by atoms with E-state index in [2.05, 4.69) is 14.8 Å². The van der Waals surface area contributed by atoms with E-state index in [1.807, 2.05) is 11.4 Å². The molecule has 2 bridgehead atoms. The number of benzene rings is 1. The minimum absolute atomic E-state index is 0.00966. The van der Waals surface area contributed by atoms with Gasteiger partial charge in [0.15, 0.2) is 5.13 Å². The number of fused-ring (bicyclic) bond motifs is 2. The van der Waals surface area contributed by atoms with Crippen LogP contribution in [0.2, 0.25) is 0 Å². The summed E-state index contributed by atoms with van der Waals surface area (Å²) in [6, 6.07) is 8.37. The molecule has 4 aromatic rings. The minimum Gasteiger partial charge on any atom is -0.465 e. The van der Waals surface area contributed by atoms with E-state index < -0.39 is 6.36 Å². The van der Waals surface area contributed by atoms with Gasteiger partial charge in [-0.2, -0.15) is 0 Å². The fourth-order valence-electron chi connectivity index (χ4n) is 6.18. The molecule has 2 unspecified atom stereocenters. The van der Waals surface area contributed by atoms with Crippen LogP contribution >= 0.6 is 22.7 Å². The molecule has 0 amide bonds. The van der Waals surface area contributed by atoms with Crippen LogP contribution in [0.25, 0.3) is 21.8 Å². The van der Waals surface area contributed by atoms with Gasteiger partial charge in [0, 0.05) is 39.9 Å². The van der Waals surface area contributed by atoms with Crippen molar-refractivity contribution in [3.8, 4) is 27.6 Å². The molecule has 1 aromatic carbocycles. The third kappa shape index (κ3) is 5.77. The van der Waals surface area contributed by atoms with Crippen molar-refractivity contribution in [2.75, 3.05) is 12.0 Å². The molecule has 2 saturated heterocycles. The Bertz CT molecular complexity index is 1610. The summed E-state index contributed by atoms with van der Waals surface area (Å²) >= 11 is 3.07. The molecule has 3 fully saturated rings. The molecule has 2 aliphatic heterocycles. The molecule has 13 heteroatoms. The molecule has 0 N–H and O–H groups in total. The zero-order chi connectivity index (χ0) is 29.7. The molecule has 0 radical (unpaired) electrons. The Morgan fingerprint density at radius 1 is 1.09 bits per heavy atom. The predicted molar refractivity (Wildman–Crippen MR) is 154 cm³/mol. The third-order valence-electron chi connectivity index (χ3n) is 8.27. The summed E-state index contributed by atoms with van der Waals surface area (Å²) in [7, 11) is 1.37. The van der Waals surface area contributed by atoms with Crippen LogP contribution in [0.5, 0.6) is 5.75 Å². The Kier molecular flexibility index (Phi) is 7.42. The summed E-state index contributed by atoms with van der Waals surface area (Å²) in [6.45, 7) is 0.206. The first-order valence-corrected chi connectivity index (χ1v) is 15.9. The number of piperidine rings is 1. The number of hydrogen-bond donors (Lipinski definition) is 0. The summed E-state index contributed by atoms with van der Waals surface area (Å²) < 4.78 is 60.7. The van der Waals surface area contributed by atoms with Gasteiger partial charge in [0.05, 0.1) is 36.0 Å². The molecule has 5 heterocycles. The second-order valence-electron chi connectivity index (χ2n) is 11.1. The quantitative estimate of drug-likeness (QED) is 0.173. The van der Waals surface area contributed by atoms with E-state index in [4.69, 9.17) is 19.0 Å². The average Bonchev–Trinajstić information content (AvgIpc) is 3.31. The van der Waals surface area contributed by atoms with E-state index in [1.54, 1.807) is 28.8 Å². The highest BCUT2D eigenvalue weighted by Crippen LogP contribution is 2.47. The Morgan fingerprint density at radius 3 is 2.58 bits per heavy atom. The summed E-state index contributed by atoms with van der Waals surface area (Å²) in [4.78, 5) is 20.1. The molecule has 3 aliphatic rings. The molecule has 1 aliphatic carbocycles. The van der Waals surface area contributed by atoms with Crippen molar-refractivity contribution in [1.29, 1.82) is 0 Å². The Hall–Kier alpha value is -3.42. The van der Waals surface area contributed by atoms with Crippen molar-refractivity contribution in [2.24, 2.45) is 0 Å². The number of halogens is 3. The molecule has 3 aromatic heterocycles. The second-order valence-corrected chi connectivity index (χ2v) is 12.8. The van der Waals surface area contributed by atoms with Gasteiger partial charge in [0.25, 0.3) is 0 Å². The van der Waals surface area contributed by atoms with Gasteiger partial charge in [0.2, 0.25) is 0 Å². The van der Waals surface area contributed by atoms with Gasteiger partial charge in [-0.25, -0.2) is 9.78 Å². The highest BCUT2D eigenvalue weighted by molar-refractivity contribution is 7.16. The first kappa shape index (κ1) is 28.4. The van der Waals surface area contributed by atoms with E-state index in [0.717, 1.165) is 54.2 Å². The SMILES string of the molecule is COC(=O)c1csc(-c2csc(N3C4CCC3CC(OCc3c(-c5ccccc5OC(F)(F)F)noc3C3CC3)C4)n2)c1. The molecule has 226 valence electrons. The van der Waals surface area contributed by atoms with E-state index in [1.165, 1.54) is 30.6 Å². The number of alkyl halides is 3. The molecule has 1 saturated carbocycles. The number of para-hydroxylation sites is 1. The molecule has 43 heavy (non-hydrogen) atoms. The zero-order valence-corrected chi connectivity index (χ0v) is 24.8. The molecule has 8 nitrogen and oxygen atoms in total. The highest BCUT2D eigenvalue weighted by Gasteiger charge is 2.43. The van der Waals surface area contributed by atoms with Gasteiger partial charge in [0.1, 0.15) is 17.2 Å². The van der Waals surface area contributed by atoms with Gasteiger partial charge in [-0.3, -0.25) is 0 Å². The van der Waals surface area contributed by atoms with Crippen LogP contribution in [0.3, 0.4) is 0 Å². The van der Waals surface area contributed by atoms with E-state index in [9.17, 15) is 18.0 Å². The number of esters is 1. The van der Waals surface area contributed by atoms with Crippen LogP contribution in [0.15, 0.2) is 45.6 Å². The lowest BCUT2D eigenvalue weighted by molar-refractivity contribution is -0.274. The van der Waals surface area contributed by atoms with Gasteiger partial charge in [-0.1, -0.05) is 17.3 Å². The van der Waals surface area contributed by atoms with Crippen LogP contribution in [-0.2, 0) is 16.1 Å². The predicted octanol–water partition coefficient (Wildman–Crippen LogP) is 7.81. The number of hydrogen-bond acceptors (Lipinski definition) is 10. The van der Waals surface area contributed by atoms with Crippen LogP contribution in [0.4, 0.5) is 18.3 Å². The first-order chi connectivity index (χ1) is 20.8. The Morgan fingerprint density at radius 2 is 1.86 bits per heavy atom. The highest BCUT2D eigenvalue weighted by atomic mass is 32.1. The molecular weight excluding hydrogens is 603 g/mol. The van der Waals surface area contributed by atoms with Crippen LogP contribution in [0.1, 0.15) is 66.1 Å². The zero-order valence-electron chi connectivity index (χ0n) is 23.1. The Labute approximate surface area is 253 Å². The van der Waals surface area contributed by atoms with E-state index >= 15 is 0 Å². The number of rotatable bonds is 9. The van der Waals surface area contributed by atoms with Gasteiger partial charge < -0.3 is 23.6 Å². The monoisotopic (exact) mass is 631 g/mol.